The number of nitrogens with zero attached hydrogens (tertiary/aromatic N) is 2. The monoisotopic (exact) mass is 390 g/mol. The second kappa shape index (κ2) is 10.6. The molecular weight excluding hydrogens is 368 g/mol. The van der Waals surface area contributed by atoms with E-state index in [1.807, 2.05) is 72.8 Å². The molecule has 148 valence electrons. The molecule has 1 heterocycles. The van der Waals surface area contributed by atoms with Crippen molar-refractivity contribution in [3.05, 3.63) is 77.9 Å². The summed E-state index contributed by atoms with van der Waals surface area (Å²) in [6, 6.07) is 22.0. The zero-order valence-electron chi connectivity index (χ0n) is 16.0. The molecule has 0 radical (unpaired) electrons. The lowest BCUT2D eigenvalue weighted by Crippen LogP contribution is -2.32. The van der Waals surface area contributed by atoms with E-state index >= 15 is 0 Å². The van der Waals surface area contributed by atoms with Crippen molar-refractivity contribution >= 4 is 18.3 Å². The van der Waals surface area contributed by atoms with E-state index in [1.54, 1.807) is 0 Å². The second-order valence-electron chi connectivity index (χ2n) is 6.29. The summed E-state index contributed by atoms with van der Waals surface area (Å²) < 4.78 is 10.3. The van der Waals surface area contributed by atoms with Gasteiger partial charge >= 0.3 is 12.2 Å². The molecule has 6 nitrogen and oxygen atoms in total. The zero-order valence-corrected chi connectivity index (χ0v) is 16.0. The van der Waals surface area contributed by atoms with Crippen LogP contribution in [0.15, 0.2) is 66.7 Å². The molecule has 0 aliphatic carbocycles. The lowest BCUT2D eigenvalue weighted by atomic mass is 10.2. The van der Waals surface area contributed by atoms with Gasteiger partial charge in [-0.05, 0) is 11.1 Å². The van der Waals surface area contributed by atoms with E-state index in [0.29, 0.717) is 19.7 Å². The Labute approximate surface area is 170 Å². The summed E-state index contributed by atoms with van der Waals surface area (Å²) in [5, 5.41) is 0. The van der Waals surface area contributed by atoms with Crippen molar-refractivity contribution in [2.75, 3.05) is 26.2 Å². The van der Waals surface area contributed by atoms with Crippen LogP contribution in [0.3, 0.4) is 0 Å². The van der Waals surface area contributed by atoms with E-state index in [9.17, 15) is 9.59 Å². The predicted octanol–water partition coefficient (Wildman–Crippen LogP) is 3.75. The number of carbonyl (C=O) groups is 2. The van der Waals surface area contributed by atoms with Crippen LogP contribution >= 0.6 is 0 Å². The maximum Gasteiger partial charge on any atom is 0.421 e. The van der Waals surface area contributed by atoms with Crippen LogP contribution in [0.4, 0.5) is 9.59 Å². The molecule has 0 unspecified atom stereocenters. The average molecular weight is 390 g/mol. The minimum atomic E-state index is -0.468. The molecule has 29 heavy (non-hydrogen) atoms. The van der Waals surface area contributed by atoms with Gasteiger partial charge in [-0.3, -0.25) is 4.90 Å². The van der Waals surface area contributed by atoms with Gasteiger partial charge in [-0.15, -0.1) is 0 Å². The third-order valence-corrected chi connectivity index (χ3v) is 4.14. The smallest absolute Gasteiger partial charge is 0.421 e. The number of hydrogen-bond donors (Lipinski definition) is 0. The topological polar surface area (TPSA) is 59.1 Å². The Hall–Kier alpha value is -3.72. The van der Waals surface area contributed by atoms with Crippen molar-refractivity contribution in [2.24, 2.45) is 0 Å². The van der Waals surface area contributed by atoms with Gasteiger partial charge in [-0.2, -0.15) is 0 Å². The Bertz CT molecular complexity index is 901. The highest BCUT2D eigenvalue weighted by Crippen LogP contribution is 2.06. The highest BCUT2D eigenvalue weighted by atomic mass is 16.6. The Balaban J connectivity index is 1.61. The molecule has 3 rings (SSSR count). The lowest BCUT2D eigenvalue weighted by Gasteiger charge is -2.18. The van der Waals surface area contributed by atoms with Gasteiger partial charge in [0.25, 0.3) is 0 Å². The molecule has 1 aliphatic heterocycles. The van der Waals surface area contributed by atoms with E-state index in [2.05, 4.69) is 12.0 Å². The van der Waals surface area contributed by atoms with Crippen molar-refractivity contribution < 1.29 is 19.1 Å². The van der Waals surface area contributed by atoms with Crippen molar-refractivity contribution in [3.63, 3.8) is 0 Å². The average Bonchev–Trinajstić information content (AvgIpc) is 3.17. The molecule has 0 saturated carbocycles. The van der Waals surface area contributed by atoms with Gasteiger partial charge in [0, 0.05) is 12.6 Å². The number of rotatable bonds is 6. The SMILES string of the molecule is O=C1OCCN1C#CCN(C/C=C/c1ccccc1)C(=O)OCc1ccccc1. The van der Waals surface area contributed by atoms with Gasteiger partial charge in [0.15, 0.2) is 0 Å². The fourth-order valence-electron chi connectivity index (χ4n) is 2.62. The van der Waals surface area contributed by atoms with Gasteiger partial charge in [-0.1, -0.05) is 78.7 Å². The fourth-order valence-corrected chi connectivity index (χ4v) is 2.62. The molecule has 2 aromatic rings. The molecule has 0 N–H and O–H groups in total. The lowest BCUT2D eigenvalue weighted by molar-refractivity contribution is 0.104. The molecule has 0 atom stereocenters. The summed E-state index contributed by atoms with van der Waals surface area (Å²) in [6.07, 6.45) is 2.89. The van der Waals surface area contributed by atoms with Gasteiger partial charge in [0.05, 0.1) is 13.1 Å². The van der Waals surface area contributed by atoms with E-state index < -0.39 is 12.2 Å². The molecule has 0 aromatic heterocycles. The van der Waals surface area contributed by atoms with Crippen molar-refractivity contribution in [1.29, 1.82) is 0 Å². The van der Waals surface area contributed by atoms with Crippen LogP contribution in [0.1, 0.15) is 11.1 Å². The predicted molar refractivity (Wildman–Crippen MR) is 110 cm³/mol. The van der Waals surface area contributed by atoms with Crippen molar-refractivity contribution in [1.82, 2.24) is 9.80 Å². The third kappa shape index (κ3) is 6.43. The maximum absolute atomic E-state index is 12.5. The minimum absolute atomic E-state index is 0.135. The molecule has 2 amide bonds. The summed E-state index contributed by atoms with van der Waals surface area (Å²) in [7, 11) is 0. The summed E-state index contributed by atoms with van der Waals surface area (Å²) in [4.78, 5) is 26.8. The largest absolute Gasteiger partial charge is 0.447 e. The molecule has 1 saturated heterocycles. The highest BCUT2D eigenvalue weighted by Gasteiger charge is 2.20. The molecule has 0 bridgehead atoms. The zero-order chi connectivity index (χ0) is 20.3. The van der Waals surface area contributed by atoms with Gasteiger partial charge < -0.3 is 9.47 Å². The second-order valence-corrected chi connectivity index (χ2v) is 6.29. The summed E-state index contributed by atoms with van der Waals surface area (Å²) in [6.45, 7) is 1.41. The standard InChI is InChI=1S/C23H22N2O4/c26-22-25(17-18-28-22)16-8-15-24(14-7-13-20-9-3-1-4-10-20)23(27)29-19-21-11-5-2-6-12-21/h1-7,9-13H,14-15,17-19H2/b13-7+. The van der Waals surface area contributed by atoms with Crippen LogP contribution in [-0.4, -0.2) is 48.2 Å². The number of carbonyl (C=O) groups excluding carboxylic acids is 2. The van der Waals surface area contributed by atoms with Crippen LogP contribution in [-0.2, 0) is 16.1 Å². The van der Waals surface area contributed by atoms with Crippen LogP contribution in [0, 0.1) is 12.0 Å². The fraction of sp³-hybridized carbons (Fsp3) is 0.217. The normalized spacial score (nSPS) is 13.0. The molecule has 0 spiro atoms. The first-order chi connectivity index (χ1) is 14.2. The summed E-state index contributed by atoms with van der Waals surface area (Å²) >= 11 is 0. The molecule has 1 fully saturated rings. The summed E-state index contributed by atoms with van der Waals surface area (Å²) in [5.41, 5.74) is 1.95. The van der Waals surface area contributed by atoms with E-state index in [4.69, 9.17) is 9.47 Å². The van der Waals surface area contributed by atoms with Crippen molar-refractivity contribution in [3.8, 4) is 12.0 Å². The van der Waals surface area contributed by atoms with Gasteiger partial charge in [0.1, 0.15) is 13.2 Å². The summed E-state index contributed by atoms with van der Waals surface area (Å²) in [5.74, 6) is 2.85. The molecule has 2 aromatic carbocycles. The Kier molecular flexibility index (Phi) is 7.30. The maximum atomic E-state index is 12.5. The number of amides is 2. The molecule has 1 aliphatic rings. The van der Waals surface area contributed by atoms with Crippen LogP contribution < -0.4 is 0 Å². The Morgan fingerprint density at radius 3 is 2.55 bits per heavy atom. The molecule has 6 heteroatoms. The number of cyclic esters (lactones) is 1. The van der Waals surface area contributed by atoms with Gasteiger partial charge in [-0.25, -0.2) is 14.5 Å². The number of ether oxygens (including phenoxy) is 2. The Morgan fingerprint density at radius 1 is 1.14 bits per heavy atom. The molecular formula is C23H22N2O4. The number of hydrogen-bond acceptors (Lipinski definition) is 4. The van der Waals surface area contributed by atoms with Crippen LogP contribution in [0.2, 0.25) is 0 Å². The quantitative estimate of drug-likeness (QED) is 0.705. The first-order valence-corrected chi connectivity index (χ1v) is 9.32. The first-order valence-electron chi connectivity index (χ1n) is 9.32. The van der Waals surface area contributed by atoms with Crippen molar-refractivity contribution in [2.45, 2.75) is 6.61 Å². The van der Waals surface area contributed by atoms with Crippen LogP contribution in [0.5, 0.6) is 0 Å². The third-order valence-electron chi connectivity index (χ3n) is 4.14. The Morgan fingerprint density at radius 2 is 1.86 bits per heavy atom. The highest BCUT2D eigenvalue weighted by molar-refractivity contribution is 5.72. The van der Waals surface area contributed by atoms with E-state index in [-0.39, 0.29) is 13.2 Å². The van der Waals surface area contributed by atoms with E-state index in [1.165, 1.54) is 9.80 Å². The number of benzene rings is 2. The van der Waals surface area contributed by atoms with Crippen LogP contribution in [0.25, 0.3) is 6.08 Å². The van der Waals surface area contributed by atoms with E-state index in [0.717, 1.165) is 11.1 Å². The minimum Gasteiger partial charge on any atom is -0.447 e. The first kappa shape index (κ1) is 20.0. The van der Waals surface area contributed by atoms with Gasteiger partial charge in [0.2, 0.25) is 0 Å².